The van der Waals surface area contributed by atoms with Gasteiger partial charge in [-0.05, 0) is 74.2 Å². The number of anilines is 1. The third-order valence-corrected chi connectivity index (χ3v) is 10.7. The molecular formula is C39H45N3O5S. The third kappa shape index (κ3) is 8.83. The lowest BCUT2D eigenvalue weighted by Crippen LogP contribution is -2.55. The molecule has 5 rings (SSSR count). The lowest BCUT2D eigenvalue weighted by molar-refractivity contribution is -0.140. The number of rotatable bonds is 13. The monoisotopic (exact) mass is 667 g/mol. The number of carbonyl (C=O) groups is 2. The minimum atomic E-state index is -4.20. The number of methoxy groups -OCH3 is 1. The van der Waals surface area contributed by atoms with Gasteiger partial charge in [-0.3, -0.25) is 13.9 Å². The Bertz CT molecular complexity index is 1770. The average molecular weight is 668 g/mol. The molecule has 4 aromatic carbocycles. The number of amides is 2. The first kappa shape index (κ1) is 34.7. The Morgan fingerprint density at radius 2 is 1.48 bits per heavy atom. The number of ether oxygens (including phenoxy) is 1. The number of aryl methyl sites for hydroxylation is 2. The van der Waals surface area contributed by atoms with Crippen molar-refractivity contribution >= 4 is 27.5 Å². The van der Waals surface area contributed by atoms with E-state index in [2.05, 4.69) is 5.32 Å². The van der Waals surface area contributed by atoms with Crippen molar-refractivity contribution in [1.29, 1.82) is 0 Å². The zero-order valence-corrected chi connectivity index (χ0v) is 28.8. The Kier molecular flexibility index (Phi) is 11.5. The second-order valence-corrected chi connectivity index (χ2v) is 14.4. The molecule has 1 unspecified atom stereocenters. The van der Waals surface area contributed by atoms with Crippen LogP contribution in [-0.4, -0.2) is 50.9 Å². The molecule has 2 amide bonds. The van der Waals surface area contributed by atoms with Crippen LogP contribution in [0.2, 0.25) is 0 Å². The number of hydrogen-bond acceptors (Lipinski definition) is 5. The van der Waals surface area contributed by atoms with Crippen molar-refractivity contribution in [3.05, 3.63) is 125 Å². The Balaban J connectivity index is 1.56. The summed E-state index contributed by atoms with van der Waals surface area (Å²) in [6.45, 7) is 3.54. The molecule has 252 valence electrons. The summed E-state index contributed by atoms with van der Waals surface area (Å²) in [7, 11) is -2.68. The van der Waals surface area contributed by atoms with E-state index < -0.39 is 28.5 Å². The van der Waals surface area contributed by atoms with Gasteiger partial charge in [0.2, 0.25) is 11.8 Å². The second-order valence-electron chi connectivity index (χ2n) is 12.6. The predicted octanol–water partition coefficient (Wildman–Crippen LogP) is 6.60. The molecule has 1 fully saturated rings. The summed E-state index contributed by atoms with van der Waals surface area (Å²) in [4.78, 5) is 30.5. The predicted molar refractivity (Wildman–Crippen MR) is 189 cm³/mol. The maximum Gasteiger partial charge on any atom is 0.264 e. The van der Waals surface area contributed by atoms with Gasteiger partial charge in [-0.15, -0.1) is 0 Å². The van der Waals surface area contributed by atoms with Gasteiger partial charge in [0.1, 0.15) is 18.3 Å². The molecule has 8 nitrogen and oxygen atoms in total. The molecule has 0 aromatic heterocycles. The molecule has 48 heavy (non-hydrogen) atoms. The van der Waals surface area contributed by atoms with Gasteiger partial charge in [0, 0.05) is 19.0 Å². The van der Waals surface area contributed by atoms with E-state index in [4.69, 9.17) is 4.74 Å². The fourth-order valence-corrected chi connectivity index (χ4v) is 7.63. The van der Waals surface area contributed by atoms with E-state index in [1.54, 1.807) is 29.2 Å². The van der Waals surface area contributed by atoms with E-state index in [-0.39, 0.29) is 29.8 Å². The molecule has 1 saturated carbocycles. The van der Waals surface area contributed by atoms with E-state index in [9.17, 15) is 18.0 Å². The summed E-state index contributed by atoms with van der Waals surface area (Å²) < 4.78 is 34.9. The highest BCUT2D eigenvalue weighted by molar-refractivity contribution is 7.92. The number of nitrogens with zero attached hydrogens (tertiary/aromatic N) is 2. The quantitative estimate of drug-likeness (QED) is 0.174. The molecule has 0 radical (unpaired) electrons. The Hall–Kier alpha value is -4.63. The summed E-state index contributed by atoms with van der Waals surface area (Å²) in [6.07, 6.45) is 5.33. The van der Waals surface area contributed by atoms with Crippen LogP contribution < -0.4 is 14.4 Å². The smallest absolute Gasteiger partial charge is 0.264 e. The highest BCUT2D eigenvalue weighted by Crippen LogP contribution is 2.27. The molecule has 1 aliphatic rings. The van der Waals surface area contributed by atoms with Gasteiger partial charge in [0.05, 0.1) is 17.7 Å². The molecule has 0 aliphatic heterocycles. The van der Waals surface area contributed by atoms with Crippen LogP contribution in [0.25, 0.3) is 0 Å². The topological polar surface area (TPSA) is 96.0 Å². The number of carbonyl (C=O) groups excluding carboxylic acids is 2. The summed E-state index contributed by atoms with van der Waals surface area (Å²) >= 11 is 0. The van der Waals surface area contributed by atoms with Crippen molar-refractivity contribution in [2.75, 3.05) is 18.0 Å². The first-order valence-corrected chi connectivity index (χ1v) is 18.0. The zero-order chi connectivity index (χ0) is 34.1. The number of nitrogens with one attached hydrogen (secondary N) is 1. The average Bonchev–Trinajstić information content (AvgIpc) is 3.10. The zero-order valence-electron chi connectivity index (χ0n) is 28.0. The number of hydrogen-bond donors (Lipinski definition) is 1. The molecule has 9 heteroatoms. The van der Waals surface area contributed by atoms with Crippen LogP contribution in [-0.2, 0) is 32.6 Å². The highest BCUT2D eigenvalue weighted by atomic mass is 32.2. The van der Waals surface area contributed by atoms with Crippen molar-refractivity contribution in [3.8, 4) is 5.75 Å². The van der Waals surface area contributed by atoms with E-state index in [0.29, 0.717) is 11.4 Å². The van der Waals surface area contributed by atoms with Crippen LogP contribution in [0.15, 0.2) is 108 Å². The number of benzene rings is 4. The van der Waals surface area contributed by atoms with Gasteiger partial charge in [0.15, 0.2) is 0 Å². The van der Waals surface area contributed by atoms with Gasteiger partial charge in [-0.25, -0.2) is 8.42 Å². The fraction of sp³-hybridized carbons (Fsp3) is 0.333. The van der Waals surface area contributed by atoms with Gasteiger partial charge in [-0.2, -0.15) is 0 Å². The molecular weight excluding hydrogens is 623 g/mol. The fourth-order valence-electron chi connectivity index (χ4n) is 6.22. The van der Waals surface area contributed by atoms with E-state index >= 15 is 0 Å². The molecule has 1 atom stereocenters. The highest BCUT2D eigenvalue weighted by Gasteiger charge is 2.35. The van der Waals surface area contributed by atoms with Crippen molar-refractivity contribution < 1.29 is 22.7 Å². The first-order chi connectivity index (χ1) is 23.1. The Morgan fingerprint density at radius 3 is 2.12 bits per heavy atom. The lowest BCUT2D eigenvalue weighted by atomic mass is 9.94. The van der Waals surface area contributed by atoms with E-state index in [1.165, 1.54) is 19.2 Å². The van der Waals surface area contributed by atoms with Crippen LogP contribution in [0.5, 0.6) is 5.75 Å². The van der Waals surface area contributed by atoms with E-state index in [1.807, 2.05) is 80.6 Å². The van der Waals surface area contributed by atoms with Crippen molar-refractivity contribution in [3.63, 3.8) is 0 Å². The van der Waals surface area contributed by atoms with Gasteiger partial charge in [0.25, 0.3) is 10.0 Å². The molecule has 0 heterocycles. The Labute approximate surface area is 284 Å². The minimum Gasteiger partial charge on any atom is -0.497 e. The largest absolute Gasteiger partial charge is 0.497 e. The van der Waals surface area contributed by atoms with Crippen LogP contribution in [0.3, 0.4) is 0 Å². The van der Waals surface area contributed by atoms with Crippen molar-refractivity contribution in [2.24, 2.45) is 0 Å². The SMILES string of the molecule is COc1ccc(S(=O)(=O)N(CC(=O)N(Cc2cccc(C)c2)C(Cc2ccccc2)C(=O)NC2CCCCC2)c2ccc(C)cc2)cc1. The summed E-state index contributed by atoms with van der Waals surface area (Å²) in [5, 5.41) is 3.25. The molecule has 0 spiro atoms. The molecule has 4 aromatic rings. The maximum absolute atomic E-state index is 14.7. The van der Waals surface area contributed by atoms with Gasteiger partial charge >= 0.3 is 0 Å². The second kappa shape index (κ2) is 16.0. The molecule has 0 bridgehead atoms. The van der Waals surface area contributed by atoms with Gasteiger partial charge in [-0.1, -0.05) is 97.1 Å². The minimum absolute atomic E-state index is 0.0257. The summed E-state index contributed by atoms with van der Waals surface area (Å²) in [5.41, 5.74) is 4.09. The molecule has 1 N–H and O–H groups in total. The summed E-state index contributed by atoms with van der Waals surface area (Å²) in [5.74, 6) is -0.190. The maximum atomic E-state index is 14.7. The van der Waals surface area contributed by atoms with Crippen LogP contribution >= 0.6 is 0 Å². The van der Waals surface area contributed by atoms with Gasteiger partial charge < -0.3 is 15.0 Å². The molecule has 1 aliphatic carbocycles. The number of sulfonamides is 1. The van der Waals surface area contributed by atoms with Crippen molar-refractivity contribution in [1.82, 2.24) is 10.2 Å². The molecule has 0 saturated heterocycles. The van der Waals surface area contributed by atoms with Crippen LogP contribution in [0.4, 0.5) is 5.69 Å². The first-order valence-electron chi connectivity index (χ1n) is 16.6. The van der Waals surface area contributed by atoms with Crippen LogP contribution in [0.1, 0.15) is 54.4 Å². The standard InChI is InChI=1S/C39H45N3O5S/c1-29-17-19-34(20-18-29)42(48(45,46)36-23-21-35(47-3)22-24-36)28-38(43)41(27-32-14-10-11-30(2)25-32)37(26-31-12-6-4-7-13-31)39(44)40-33-15-8-5-9-16-33/h4,6-7,10-14,17-25,33,37H,5,8-9,15-16,26-28H2,1-3H3,(H,40,44). The van der Waals surface area contributed by atoms with Crippen molar-refractivity contribution in [2.45, 2.75) is 75.9 Å². The normalized spacial score (nSPS) is 14.1. The van der Waals surface area contributed by atoms with E-state index in [0.717, 1.165) is 58.7 Å². The lowest BCUT2D eigenvalue weighted by Gasteiger charge is -2.35. The summed E-state index contributed by atoms with van der Waals surface area (Å²) in [6, 6.07) is 29.8. The van der Waals surface area contributed by atoms with Crippen LogP contribution in [0, 0.1) is 13.8 Å². The third-order valence-electron chi connectivity index (χ3n) is 8.91. The Morgan fingerprint density at radius 1 is 0.812 bits per heavy atom.